The minimum Gasteiger partial charge on any atom is -0.497 e. The lowest BCUT2D eigenvalue weighted by Gasteiger charge is -2.20. The summed E-state index contributed by atoms with van der Waals surface area (Å²) in [6.07, 6.45) is 1.10. The third-order valence-electron chi connectivity index (χ3n) is 3.55. The molecule has 1 aromatic heterocycles. The zero-order valence-corrected chi connectivity index (χ0v) is 13.4. The summed E-state index contributed by atoms with van der Waals surface area (Å²) in [5.74, 6) is 0.884. The minimum atomic E-state index is 0.140. The van der Waals surface area contributed by atoms with Gasteiger partial charge in [-0.3, -0.25) is 4.68 Å². The van der Waals surface area contributed by atoms with E-state index >= 15 is 0 Å². The molecule has 4 nitrogen and oxygen atoms in total. The second-order valence-electron chi connectivity index (χ2n) is 5.19. The van der Waals surface area contributed by atoms with Gasteiger partial charge in [0.15, 0.2) is 0 Å². The van der Waals surface area contributed by atoms with Crippen LogP contribution in [0.4, 0.5) is 0 Å². The highest BCUT2D eigenvalue weighted by molar-refractivity contribution is 5.35. The number of nitrogens with one attached hydrogen (secondary N) is 1. The second kappa shape index (κ2) is 7.27. The predicted molar refractivity (Wildman–Crippen MR) is 85.8 cm³/mol. The molecular formula is C17H25N3O. The Hall–Kier alpha value is -1.81. The summed E-state index contributed by atoms with van der Waals surface area (Å²) in [5, 5.41) is 8.20. The van der Waals surface area contributed by atoms with Crippen LogP contribution in [0.15, 0.2) is 30.3 Å². The first-order chi connectivity index (χ1) is 10.2. The normalized spacial score (nSPS) is 12.4. The first-order valence-corrected chi connectivity index (χ1v) is 7.61. The molecule has 0 radical (unpaired) electrons. The van der Waals surface area contributed by atoms with Crippen LogP contribution in [-0.2, 0) is 6.54 Å². The van der Waals surface area contributed by atoms with Crippen LogP contribution in [0.25, 0.3) is 0 Å². The highest BCUT2D eigenvalue weighted by atomic mass is 16.5. The molecule has 4 heteroatoms. The zero-order chi connectivity index (χ0) is 15.2. The maximum Gasteiger partial charge on any atom is 0.119 e. The summed E-state index contributed by atoms with van der Waals surface area (Å²) >= 11 is 0. The molecular weight excluding hydrogens is 262 g/mol. The summed E-state index contributed by atoms with van der Waals surface area (Å²) < 4.78 is 7.43. The van der Waals surface area contributed by atoms with Crippen molar-refractivity contribution < 1.29 is 4.74 Å². The van der Waals surface area contributed by atoms with Crippen LogP contribution in [0.1, 0.15) is 43.3 Å². The van der Waals surface area contributed by atoms with Crippen LogP contribution >= 0.6 is 0 Å². The summed E-state index contributed by atoms with van der Waals surface area (Å²) in [5.41, 5.74) is 3.46. The molecule has 0 spiro atoms. The summed E-state index contributed by atoms with van der Waals surface area (Å²) in [4.78, 5) is 0. The average molecular weight is 287 g/mol. The second-order valence-corrected chi connectivity index (χ2v) is 5.19. The summed E-state index contributed by atoms with van der Waals surface area (Å²) in [6, 6.07) is 10.5. The maximum atomic E-state index is 5.36. The molecule has 1 heterocycles. The van der Waals surface area contributed by atoms with E-state index in [-0.39, 0.29) is 6.04 Å². The molecule has 0 aliphatic carbocycles. The fourth-order valence-electron chi connectivity index (χ4n) is 2.55. The van der Waals surface area contributed by atoms with Crippen LogP contribution in [-0.4, -0.2) is 23.4 Å². The number of hydrogen-bond acceptors (Lipinski definition) is 3. The third-order valence-corrected chi connectivity index (χ3v) is 3.55. The van der Waals surface area contributed by atoms with Crippen molar-refractivity contribution in [3.63, 3.8) is 0 Å². The van der Waals surface area contributed by atoms with Gasteiger partial charge >= 0.3 is 0 Å². The van der Waals surface area contributed by atoms with E-state index in [1.165, 1.54) is 11.3 Å². The number of hydrogen-bond donors (Lipinski definition) is 1. The third kappa shape index (κ3) is 3.64. The Labute approximate surface area is 127 Å². The predicted octanol–water partition coefficient (Wildman–Crippen LogP) is 3.31. The number of aryl methyl sites for hydroxylation is 2. The Balaban J connectivity index is 2.41. The standard InChI is InChI=1S/C17H25N3O/c1-5-10-18-17(14-8-7-9-15(12-14)21-4)16-11-13(3)19-20(16)6-2/h7-9,11-12,17-18H,5-6,10H2,1-4H3. The molecule has 1 aromatic carbocycles. The lowest BCUT2D eigenvalue weighted by Crippen LogP contribution is -2.25. The Morgan fingerprint density at radius 3 is 2.76 bits per heavy atom. The first-order valence-electron chi connectivity index (χ1n) is 7.61. The largest absolute Gasteiger partial charge is 0.497 e. The molecule has 0 fully saturated rings. The van der Waals surface area contributed by atoms with Crippen LogP contribution in [0.2, 0.25) is 0 Å². The molecule has 0 aliphatic rings. The van der Waals surface area contributed by atoms with Gasteiger partial charge in [0.25, 0.3) is 0 Å². The molecule has 2 rings (SSSR count). The lowest BCUT2D eigenvalue weighted by molar-refractivity contribution is 0.413. The highest BCUT2D eigenvalue weighted by Crippen LogP contribution is 2.26. The quantitative estimate of drug-likeness (QED) is 0.849. The molecule has 0 saturated carbocycles. The smallest absolute Gasteiger partial charge is 0.119 e. The van der Waals surface area contributed by atoms with Crippen molar-refractivity contribution in [2.45, 2.75) is 39.8 Å². The number of rotatable bonds is 7. The topological polar surface area (TPSA) is 39.1 Å². The number of ether oxygens (including phenoxy) is 1. The number of aromatic nitrogens is 2. The molecule has 0 aliphatic heterocycles. The van der Waals surface area contributed by atoms with Gasteiger partial charge in [0.2, 0.25) is 0 Å². The van der Waals surface area contributed by atoms with Crippen molar-refractivity contribution >= 4 is 0 Å². The van der Waals surface area contributed by atoms with Crippen LogP contribution in [0, 0.1) is 6.92 Å². The van der Waals surface area contributed by atoms with E-state index in [4.69, 9.17) is 4.74 Å². The Kier molecular flexibility index (Phi) is 5.39. The zero-order valence-electron chi connectivity index (χ0n) is 13.4. The molecule has 1 atom stereocenters. The van der Waals surface area contributed by atoms with Gasteiger partial charge in [-0.05, 0) is 50.6 Å². The van der Waals surface area contributed by atoms with Crippen molar-refractivity contribution in [3.05, 3.63) is 47.3 Å². The van der Waals surface area contributed by atoms with Gasteiger partial charge in [-0.25, -0.2) is 0 Å². The van der Waals surface area contributed by atoms with Crippen molar-refractivity contribution in [1.82, 2.24) is 15.1 Å². The molecule has 114 valence electrons. The Morgan fingerprint density at radius 1 is 1.29 bits per heavy atom. The molecule has 0 amide bonds. The number of benzene rings is 1. The van der Waals surface area contributed by atoms with Crippen LogP contribution in [0.5, 0.6) is 5.75 Å². The van der Waals surface area contributed by atoms with Gasteiger partial charge in [0.1, 0.15) is 5.75 Å². The highest BCUT2D eigenvalue weighted by Gasteiger charge is 2.18. The van der Waals surface area contributed by atoms with Crippen LogP contribution in [0.3, 0.4) is 0 Å². The first kappa shape index (κ1) is 15.6. The van der Waals surface area contributed by atoms with Gasteiger partial charge in [-0.2, -0.15) is 5.10 Å². The van der Waals surface area contributed by atoms with E-state index in [2.05, 4.69) is 47.1 Å². The SMILES string of the molecule is CCCNC(c1cccc(OC)c1)c1cc(C)nn1CC. The Morgan fingerprint density at radius 2 is 2.10 bits per heavy atom. The van der Waals surface area contributed by atoms with E-state index in [1.807, 2.05) is 19.1 Å². The van der Waals surface area contributed by atoms with Gasteiger partial charge in [-0.1, -0.05) is 19.1 Å². The molecule has 0 bridgehead atoms. The Bertz CT molecular complexity index is 577. The fraction of sp³-hybridized carbons (Fsp3) is 0.471. The van der Waals surface area contributed by atoms with Gasteiger partial charge in [-0.15, -0.1) is 0 Å². The van der Waals surface area contributed by atoms with Gasteiger partial charge in [0.05, 0.1) is 24.5 Å². The minimum absolute atomic E-state index is 0.140. The maximum absolute atomic E-state index is 5.36. The molecule has 21 heavy (non-hydrogen) atoms. The van der Waals surface area contributed by atoms with Crippen molar-refractivity contribution in [1.29, 1.82) is 0 Å². The molecule has 2 aromatic rings. The van der Waals surface area contributed by atoms with E-state index in [0.717, 1.165) is 31.0 Å². The van der Waals surface area contributed by atoms with E-state index < -0.39 is 0 Å². The number of methoxy groups -OCH3 is 1. The number of nitrogens with zero attached hydrogens (tertiary/aromatic N) is 2. The monoisotopic (exact) mass is 287 g/mol. The van der Waals surface area contributed by atoms with Crippen molar-refractivity contribution in [2.24, 2.45) is 0 Å². The summed E-state index contributed by atoms with van der Waals surface area (Å²) in [6.45, 7) is 8.18. The van der Waals surface area contributed by atoms with E-state index in [0.29, 0.717) is 0 Å². The van der Waals surface area contributed by atoms with Crippen LogP contribution < -0.4 is 10.1 Å². The molecule has 1 unspecified atom stereocenters. The van der Waals surface area contributed by atoms with Gasteiger partial charge < -0.3 is 10.1 Å². The molecule has 1 N–H and O–H groups in total. The van der Waals surface area contributed by atoms with Crippen molar-refractivity contribution in [3.8, 4) is 5.75 Å². The average Bonchev–Trinajstić information content (AvgIpc) is 2.89. The van der Waals surface area contributed by atoms with E-state index in [9.17, 15) is 0 Å². The molecule has 0 saturated heterocycles. The van der Waals surface area contributed by atoms with E-state index in [1.54, 1.807) is 7.11 Å². The lowest BCUT2D eigenvalue weighted by atomic mass is 10.0. The van der Waals surface area contributed by atoms with Crippen molar-refractivity contribution in [2.75, 3.05) is 13.7 Å². The van der Waals surface area contributed by atoms with Gasteiger partial charge in [0, 0.05) is 6.54 Å². The summed E-state index contributed by atoms with van der Waals surface area (Å²) in [7, 11) is 1.70. The fourth-order valence-corrected chi connectivity index (χ4v) is 2.55.